The summed E-state index contributed by atoms with van der Waals surface area (Å²) in [6.07, 6.45) is 23.6. The summed E-state index contributed by atoms with van der Waals surface area (Å²) in [4.78, 5) is 27.7. The molecule has 0 saturated carbocycles. The quantitative estimate of drug-likeness (QED) is 0.102. The SMILES string of the molecule is O=C(c1ccccc1)N(CC1=CCO1)c1ccc(F)[c-]c1F.O=C(c1ccccc1)N(CC1=CCO1)c1ccc(F)[c-]c1F.[C-]1=CC=CC1.[C-]1=CC=CC1.[Ti+4]. The molecule has 4 aliphatic rings. The van der Waals surface area contributed by atoms with Crippen LogP contribution in [0.3, 0.4) is 0 Å². The number of rotatable bonds is 8. The van der Waals surface area contributed by atoms with E-state index < -0.39 is 35.1 Å². The molecule has 6 nitrogen and oxygen atoms in total. The van der Waals surface area contributed by atoms with E-state index in [1.807, 2.05) is 36.4 Å². The second-order valence-corrected chi connectivity index (χ2v) is 11.5. The van der Waals surface area contributed by atoms with Crippen LogP contribution in [0.2, 0.25) is 0 Å². The first-order valence-electron chi connectivity index (χ1n) is 16.9. The molecule has 0 spiro atoms. The molecule has 0 radical (unpaired) electrons. The molecule has 0 aromatic heterocycles. The van der Waals surface area contributed by atoms with Crippen LogP contribution in [0.5, 0.6) is 0 Å². The maximum Gasteiger partial charge on any atom is 4.00 e. The molecular formula is C44H34F4N2O4Ti. The molecule has 11 heteroatoms. The van der Waals surface area contributed by atoms with E-state index in [0.29, 0.717) is 35.9 Å². The fourth-order valence-corrected chi connectivity index (χ4v) is 4.91. The molecule has 0 N–H and O–H groups in total. The van der Waals surface area contributed by atoms with Gasteiger partial charge in [0.1, 0.15) is 24.7 Å². The molecule has 0 bridgehead atoms. The zero-order valence-corrected chi connectivity index (χ0v) is 31.0. The van der Waals surface area contributed by atoms with Crippen molar-refractivity contribution in [1.29, 1.82) is 0 Å². The maximum absolute atomic E-state index is 14.0. The maximum atomic E-state index is 14.0. The molecule has 276 valence electrons. The molecule has 2 aliphatic carbocycles. The second-order valence-electron chi connectivity index (χ2n) is 11.5. The summed E-state index contributed by atoms with van der Waals surface area (Å²) in [5.41, 5.74) is 0.746. The number of benzene rings is 4. The zero-order chi connectivity index (χ0) is 38.1. The van der Waals surface area contributed by atoms with Crippen LogP contribution >= 0.6 is 0 Å². The van der Waals surface area contributed by atoms with Gasteiger partial charge in [0.05, 0.1) is 13.1 Å². The van der Waals surface area contributed by atoms with Crippen molar-refractivity contribution in [2.24, 2.45) is 0 Å². The van der Waals surface area contributed by atoms with Crippen molar-refractivity contribution in [3.8, 4) is 0 Å². The molecule has 55 heavy (non-hydrogen) atoms. The first-order chi connectivity index (χ1) is 26.3. The first-order valence-corrected chi connectivity index (χ1v) is 16.9. The summed E-state index contributed by atoms with van der Waals surface area (Å²) in [5.74, 6) is -3.08. The van der Waals surface area contributed by atoms with Gasteiger partial charge in [0.2, 0.25) is 11.8 Å². The molecule has 8 rings (SSSR count). The van der Waals surface area contributed by atoms with Crippen LogP contribution in [-0.4, -0.2) is 38.1 Å². The molecular weight excluding hydrogens is 744 g/mol. The Morgan fingerprint density at radius 1 is 0.582 bits per heavy atom. The van der Waals surface area contributed by atoms with Gasteiger partial charge in [0.25, 0.3) is 0 Å². The normalized spacial score (nSPS) is 13.5. The van der Waals surface area contributed by atoms with E-state index in [9.17, 15) is 27.2 Å². The fraction of sp³-hybridized carbons (Fsp3) is 0.136. The van der Waals surface area contributed by atoms with Gasteiger partial charge in [0.15, 0.2) is 0 Å². The van der Waals surface area contributed by atoms with Crippen molar-refractivity contribution in [3.05, 3.63) is 204 Å². The van der Waals surface area contributed by atoms with E-state index in [2.05, 4.69) is 24.3 Å². The largest absolute Gasteiger partial charge is 4.00 e. The Bertz CT molecular complexity index is 1910. The Morgan fingerprint density at radius 3 is 1.22 bits per heavy atom. The zero-order valence-electron chi connectivity index (χ0n) is 29.5. The Balaban J connectivity index is 0.000000192. The van der Waals surface area contributed by atoms with Crippen molar-refractivity contribution in [3.63, 3.8) is 0 Å². The smallest absolute Gasteiger partial charge is 0.492 e. The van der Waals surface area contributed by atoms with Crippen molar-refractivity contribution < 1.29 is 58.3 Å². The number of anilines is 2. The molecule has 2 aliphatic heterocycles. The molecule has 2 heterocycles. The Kier molecular flexibility index (Phi) is 16.7. The van der Waals surface area contributed by atoms with E-state index >= 15 is 0 Å². The Hall–Kier alpha value is -5.71. The topological polar surface area (TPSA) is 59.1 Å². The third-order valence-electron chi connectivity index (χ3n) is 7.76. The van der Waals surface area contributed by atoms with Gasteiger partial charge in [0, 0.05) is 34.4 Å². The van der Waals surface area contributed by atoms with Gasteiger partial charge < -0.3 is 19.3 Å². The number of hydrogen-bond acceptors (Lipinski definition) is 4. The summed E-state index contributed by atoms with van der Waals surface area (Å²) in [6.45, 7) is 1.12. The number of halogens is 4. The van der Waals surface area contributed by atoms with Crippen LogP contribution in [-0.2, 0) is 31.2 Å². The van der Waals surface area contributed by atoms with Crippen molar-refractivity contribution in [2.45, 2.75) is 12.8 Å². The average molecular weight is 779 g/mol. The van der Waals surface area contributed by atoms with Crippen LogP contribution < -0.4 is 9.80 Å². The Morgan fingerprint density at radius 2 is 0.964 bits per heavy atom. The molecule has 0 unspecified atom stereocenters. The number of ether oxygens (including phenoxy) is 2. The number of nitrogens with zero attached hydrogens (tertiary/aromatic N) is 2. The van der Waals surface area contributed by atoms with Crippen LogP contribution in [0, 0.1) is 47.6 Å². The van der Waals surface area contributed by atoms with Gasteiger partial charge >= 0.3 is 21.7 Å². The minimum absolute atomic E-state index is 0. The van der Waals surface area contributed by atoms with Gasteiger partial charge in [-0.25, -0.2) is 41.9 Å². The minimum atomic E-state index is -0.913. The van der Waals surface area contributed by atoms with Crippen molar-refractivity contribution in [1.82, 2.24) is 0 Å². The summed E-state index contributed by atoms with van der Waals surface area (Å²) in [6, 6.07) is 25.5. The van der Waals surface area contributed by atoms with Gasteiger partial charge in [-0.3, -0.25) is 21.7 Å². The predicted octanol–water partition coefficient (Wildman–Crippen LogP) is 9.26. The van der Waals surface area contributed by atoms with E-state index in [0.717, 1.165) is 25.0 Å². The number of amides is 2. The number of carbonyl (C=O) groups excluding carboxylic acids is 2. The Labute approximate surface area is 332 Å². The average Bonchev–Trinajstić information content (AvgIpc) is 3.94. The third-order valence-corrected chi connectivity index (χ3v) is 7.76. The van der Waals surface area contributed by atoms with E-state index in [4.69, 9.17) is 9.47 Å². The number of hydrogen-bond donors (Lipinski definition) is 0. The third kappa shape index (κ3) is 12.7. The van der Waals surface area contributed by atoms with Gasteiger partial charge in [-0.05, 0) is 47.8 Å². The molecule has 0 fully saturated rings. The summed E-state index contributed by atoms with van der Waals surface area (Å²) in [7, 11) is 0. The van der Waals surface area contributed by atoms with Crippen LogP contribution in [0.4, 0.5) is 28.9 Å². The monoisotopic (exact) mass is 778 g/mol. The second kappa shape index (κ2) is 21.9. The first kappa shape index (κ1) is 42.0. The van der Waals surface area contributed by atoms with E-state index in [1.165, 1.54) is 21.9 Å². The van der Waals surface area contributed by atoms with Crippen molar-refractivity contribution >= 4 is 23.2 Å². The standard InChI is InChI=1S/2C17H12F2NO2.2C5H5.Ti/c2*18-13-6-7-16(15(19)10-13)20(11-14-8-9-22-14)17(21)12-4-2-1-3-5-12;2*1-2-4-5-3-1;/h2*1-8H,9,11H2;2*1-3H,4H2;/q4*-1;+4. The van der Waals surface area contributed by atoms with Gasteiger partial charge in [-0.1, -0.05) is 36.4 Å². The number of carbonyl (C=O) groups is 2. The van der Waals surface area contributed by atoms with Crippen LogP contribution in [0.25, 0.3) is 0 Å². The van der Waals surface area contributed by atoms with Gasteiger partial charge in [-0.2, -0.15) is 12.2 Å². The molecule has 4 aromatic carbocycles. The van der Waals surface area contributed by atoms with E-state index in [1.54, 1.807) is 72.8 Å². The summed E-state index contributed by atoms with van der Waals surface area (Å²) in [5, 5.41) is 0. The van der Waals surface area contributed by atoms with Crippen LogP contribution in [0.1, 0.15) is 33.6 Å². The number of allylic oxidation sites excluding steroid dienone is 8. The molecule has 0 saturated heterocycles. The summed E-state index contributed by atoms with van der Waals surface area (Å²) >= 11 is 0. The minimum Gasteiger partial charge on any atom is -0.492 e. The molecule has 2 amide bonds. The van der Waals surface area contributed by atoms with Crippen molar-refractivity contribution in [2.75, 3.05) is 36.1 Å². The molecule has 4 aromatic rings. The van der Waals surface area contributed by atoms with Gasteiger partial charge in [-0.15, -0.1) is 49.2 Å². The van der Waals surface area contributed by atoms with E-state index in [-0.39, 0.29) is 46.2 Å². The van der Waals surface area contributed by atoms with Crippen LogP contribution in [0.15, 0.2) is 145 Å². The predicted molar refractivity (Wildman–Crippen MR) is 198 cm³/mol. The fourth-order valence-electron chi connectivity index (χ4n) is 4.91. The summed E-state index contributed by atoms with van der Waals surface area (Å²) < 4.78 is 64.5. The molecule has 0 atom stereocenters.